The van der Waals surface area contributed by atoms with Crippen LogP contribution < -0.4 is 9.47 Å². The Hall–Kier alpha value is -3.68. The van der Waals surface area contributed by atoms with Crippen molar-refractivity contribution in [2.45, 2.75) is 20.3 Å². The number of carbonyl (C=O) groups is 1. The maximum atomic E-state index is 12.3. The Kier molecular flexibility index (Phi) is 5.92. The lowest BCUT2D eigenvalue weighted by Gasteiger charge is -2.10. The molecule has 0 bridgehead atoms. The van der Waals surface area contributed by atoms with Gasteiger partial charge in [-0.2, -0.15) is 0 Å². The summed E-state index contributed by atoms with van der Waals surface area (Å²) in [5.74, 6) is 0.563. The first-order valence-electron chi connectivity index (χ1n) is 9.02. The topological polar surface area (TPSA) is 100 Å². The second kappa shape index (κ2) is 8.55. The summed E-state index contributed by atoms with van der Waals surface area (Å²) in [6.45, 7) is 4.17. The van der Waals surface area contributed by atoms with Crippen LogP contribution in [-0.4, -0.2) is 30.5 Å². The van der Waals surface area contributed by atoms with E-state index < -0.39 is 10.9 Å². The van der Waals surface area contributed by atoms with Crippen molar-refractivity contribution >= 4 is 23.6 Å². The average molecular weight is 396 g/mol. The summed E-state index contributed by atoms with van der Waals surface area (Å²) in [4.78, 5) is 27.1. The van der Waals surface area contributed by atoms with Crippen LogP contribution in [0.4, 0.5) is 5.69 Å². The Morgan fingerprint density at radius 3 is 2.72 bits per heavy atom. The highest BCUT2D eigenvalue weighted by Crippen LogP contribution is 2.30. The minimum absolute atomic E-state index is 0.0392. The molecule has 1 aliphatic heterocycles. The van der Waals surface area contributed by atoms with Crippen molar-refractivity contribution in [1.29, 1.82) is 0 Å². The van der Waals surface area contributed by atoms with Gasteiger partial charge in [0.05, 0.1) is 18.6 Å². The zero-order valence-corrected chi connectivity index (χ0v) is 16.3. The van der Waals surface area contributed by atoms with Crippen molar-refractivity contribution in [2.24, 2.45) is 4.99 Å². The van der Waals surface area contributed by atoms with Gasteiger partial charge in [-0.15, -0.1) is 0 Å². The molecule has 0 aromatic heterocycles. The molecule has 8 nitrogen and oxygen atoms in total. The van der Waals surface area contributed by atoms with Gasteiger partial charge in [-0.25, -0.2) is 9.79 Å². The third-order valence-electron chi connectivity index (χ3n) is 4.31. The number of nitrogens with zero attached hydrogens (tertiary/aromatic N) is 2. The lowest BCUT2D eigenvalue weighted by atomic mass is 10.1. The molecule has 2 aromatic carbocycles. The van der Waals surface area contributed by atoms with Crippen molar-refractivity contribution in [2.75, 3.05) is 13.7 Å². The van der Waals surface area contributed by atoms with Crippen molar-refractivity contribution in [1.82, 2.24) is 0 Å². The second-order valence-electron chi connectivity index (χ2n) is 6.30. The van der Waals surface area contributed by atoms with E-state index in [1.54, 1.807) is 37.3 Å². The summed E-state index contributed by atoms with van der Waals surface area (Å²) in [7, 11) is 1.54. The fourth-order valence-corrected chi connectivity index (χ4v) is 2.84. The largest absolute Gasteiger partial charge is 0.493 e. The molecule has 0 aliphatic carbocycles. The van der Waals surface area contributed by atoms with Crippen molar-refractivity contribution < 1.29 is 23.9 Å². The molecular weight excluding hydrogens is 376 g/mol. The molecule has 150 valence electrons. The molecule has 0 spiro atoms. The van der Waals surface area contributed by atoms with Gasteiger partial charge in [0.25, 0.3) is 5.69 Å². The van der Waals surface area contributed by atoms with Gasteiger partial charge < -0.3 is 14.2 Å². The Labute approximate surface area is 167 Å². The zero-order valence-electron chi connectivity index (χ0n) is 16.3. The minimum atomic E-state index is -0.629. The fourth-order valence-electron chi connectivity index (χ4n) is 2.84. The summed E-state index contributed by atoms with van der Waals surface area (Å²) in [6.07, 6.45) is 2.43. The van der Waals surface area contributed by atoms with Crippen LogP contribution >= 0.6 is 0 Å². The van der Waals surface area contributed by atoms with Gasteiger partial charge in [-0.3, -0.25) is 10.1 Å². The molecule has 3 rings (SSSR count). The first-order valence-corrected chi connectivity index (χ1v) is 9.02. The van der Waals surface area contributed by atoms with Gasteiger partial charge >= 0.3 is 5.97 Å². The Morgan fingerprint density at radius 1 is 1.24 bits per heavy atom. The summed E-state index contributed by atoms with van der Waals surface area (Å²) in [5, 5.41) is 11.1. The van der Waals surface area contributed by atoms with Crippen LogP contribution in [0.15, 0.2) is 47.1 Å². The van der Waals surface area contributed by atoms with Gasteiger partial charge in [-0.05, 0) is 43.2 Å². The van der Waals surface area contributed by atoms with E-state index in [2.05, 4.69) is 4.99 Å². The van der Waals surface area contributed by atoms with Gasteiger partial charge in [0.15, 0.2) is 17.2 Å². The number of cyclic esters (lactones) is 1. The molecule has 0 unspecified atom stereocenters. The van der Waals surface area contributed by atoms with E-state index in [1.165, 1.54) is 19.2 Å². The predicted octanol–water partition coefficient (Wildman–Crippen LogP) is 4.05. The lowest BCUT2D eigenvalue weighted by Crippen LogP contribution is -2.08. The number of methoxy groups -OCH3 is 1. The maximum Gasteiger partial charge on any atom is 0.363 e. The molecule has 2 aromatic rings. The van der Waals surface area contributed by atoms with Gasteiger partial charge in [-0.1, -0.05) is 19.1 Å². The van der Waals surface area contributed by atoms with E-state index >= 15 is 0 Å². The van der Waals surface area contributed by atoms with E-state index in [-0.39, 0.29) is 17.3 Å². The Morgan fingerprint density at radius 2 is 2.03 bits per heavy atom. The number of esters is 1. The zero-order chi connectivity index (χ0) is 21.0. The van der Waals surface area contributed by atoms with Crippen LogP contribution in [0.1, 0.15) is 30.0 Å². The molecule has 0 N–H and O–H groups in total. The molecule has 0 fully saturated rings. The normalized spacial score (nSPS) is 14.5. The highest BCUT2D eigenvalue weighted by atomic mass is 16.6. The second-order valence-corrected chi connectivity index (χ2v) is 6.30. The van der Waals surface area contributed by atoms with Crippen LogP contribution in [0, 0.1) is 17.0 Å². The van der Waals surface area contributed by atoms with Crippen LogP contribution in [0.25, 0.3) is 6.08 Å². The summed E-state index contributed by atoms with van der Waals surface area (Å²) >= 11 is 0. The first kappa shape index (κ1) is 20.1. The number of nitro benzene ring substituents is 1. The standard InChI is InChI=1S/C21H20N2O6/c1-4-10-28-18-9-8-14(12-19(18)27-3)11-16-21(24)29-20(22-16)15-6-5-7-17(13(15)2)23(25)26/h5-9,11-12H,4,10H2,1-3H3/b16-11-. The first-order chi connectivity index (χ1) is 13.9. The molecule has 1 aliphatic rings. The number of carbonyl (C=O) groups excluding carboxylic acids is 1. The van der Waals surface area contributed by atoms with Gasteiger partial charge in [0.2, 0.25) is 5.90 Å². The maximum absolute atomic E-state index is 12.3. The van der Waals surface area contributed by atoms with E-state index in [0.29, 0.717) is 34.8 Å². The van der Waals surface area contributed by atoms with E-state index in [0.717, 1.165) is 6.42 Å². The molecule has 29 heavy (non-hydrogen) atoms. The highest BCUT2D eigenvalue weighted by molar-refractivity contribution is 6.13. The average Bonchev–Trinajstić information content (AvgIpc) is 3.06. The molecule has 8 heteroatoms. The SMILES string of the molecule is CCCOc1ccc(/C=C2\N=C(c3cccc([N+](=O)[O-])c3C)OC2=O)cc1OC. The van der Waals surface area contributed by atoms with Crippen molar-refractivity contribution in [3.8, 4) is 11.5 Å². The van der Waals surface area contributed by atoms with Gasteiger partial charge in [0.1, 0.15) is 0 Å². The van der Waals surface area contributed by atoms with Gasteiger partial charge in [0, 0.05) is 17.2 Å². The summed E-state index contributed by atoms with van der Waals surface area (Å²) in [6, 6.07) is 9.81. The molecule has 0 amide bonds. The van der Waals surface area contributed by atoms with E-state index in [9.17, 15) is 14.9 Å². The van der Waals surface area contributed by atoms with Crippen LogP contribution in [-0.2, 0) is 9.53 Å². The molecule has 0 radical (unpaired) electrons. The molecule has 0 saturated carbocycles. The Bertz CT molecular complexity index is 1030. The summed E-state index contributed by atoms with van der Waals surface area (Å²) in [5.41, 5.74) is 1.49. The van der Waals surface area contributed by atoms with Crippen LogP contribution in [0.3, 0.4) is 0 Å². The molecule has 1 heterocycles. The van der Waals surface area contributed by atoms with Crippen molar-refractivity contribution in [3.05, 3.63) is 68.9 Å². The van der Waals surface area contributed by atoms with E-state index in [4.69, 9.17) is 14.2 Å². The smallest absolute Gasteiger partial charge is 0.363 e. The number of hydrogen-bond acceptors (Lipinski definition) is 7. The number of ether oxygens (including phenoxy) is 3. The van der Waals surface area contributed by atoms with Crippen molar-refractivity contribution in [3.63, 3.8) is 0 Å². The minimum Gasteiger partial charge on any atom is -0.493 e. The number of aliphatic imine (C=N–C) groups is 1. The number of hydrogen-bond donors (Lipinski definition) is 0. The third kappa shape index (κ3) is 4.26. The summed E-state index contributed by atoms with van der Waals surface area (Å²) < 4.78 is 16.2. The molecular formula is C21H20N2O6. The molecule has 0 saturated heterocycles. The predicted molar refractivity (Wildman–Crippen MR) is 107 cm³/mol. The third-order valence-corrected chi connectivity index (χ3v) is 4.31. The fraction of sp³-hybridized carbons (Fsp3) is 0.238. The van der Waals surface area contributed by atoms with Crippen LogP contribution in [0.2, 0.25) is 0 Å². The van der Waals surface area contributed by atoms with E-state index in [1.807, 2.05) is 6.92 Å². The number of benzene rings is 2. The molecule has 0 atom stereocenters. The Balaban J connectivity index is 1.93. The number of nitro groups is 1. The lowest BCUT2D eigenvalue weighted by molar-refractivity contribution is -0.385. The monoisotopic (exact) mass is 396 g/mol. The van der Waals surface area contributed by atoms with Crippen LogP contribution in [0.5, 0.6) is 11.5 Å². The highest BCUT2D eigenvalue weighted by Gasteiger charge is 2.27. The number of rotatable bonds is 7. The quantitative estimate of drug-likeness (QED) is 0.303.